The predicted octanol–water partition coefficient (Wildman–Crippen LogP) is -0.188. The fourth-order valence-corrected chi connectivity index (χ4v) is 1.11. The standard InChI is InChI=1S/C10H16N4O/c1-3-5-12-10(15)8-11-7-9-4-6-14(2)13-9/h3-4,6,11H,1,5,7-8H2,2H3,(H,12,15). The molecule has 2 N–H and O–H groups in total. The van der Waals surface area contributed by atoms with Crippen LogP contribution in [0.1, 0.15) is 5.69 Å². The van der Waals surface area contributed by atoms with Crippen molar-refractivity contribution in [1.29, 1.82) is 0 Å². The van der Waals surface area contributed by atoms with Crippen molar-refractivity contribution in [3.63, 3.8) is 0 Å². The van der Waals surface area contributed by atoms with E-state index in [0.717, 1.165) is 5.69 Å². The molecule has 0 fully saturated rings. The second kappa shape index (κ2) is 5.98. The van der Waals surface area contributed by atoms with Crippen molar-refractivity contribution in [2.24, 2.45) is 7.05 Å². The summed E-state index contributed by atoms with van der Waals surface area (Å²) >= 11 is 0. The van der Waals surface area contributed by atoms with Gasteiger partial charge in [-0.25, -0.2) is 0 Å². The van der Waals surface area contributed by atoms with Crippen LogP contribution in [0.4, 0.5) is 0 Å². The largest absolute Gasteiger partial charge is 0.352 e. The molecule has 5 nitrogen and oxygen atoms in total. The predicted molar refractivity (Wildman–Crippen MR) is 58.1 cm³/mol. The quantitative estimate of drug-likeness (QED) is 0.637. The zero-order valence-corrected chi connectivity index (χ0v) is 8.86. The second-order valence-electron chi connectivity index (χ2n) is 3.18. The number of hydrogen-bond acceptors (Lipinski definition) is 3. The van der Waals surface area contributed by atoms with Crippen LogP contribution in [0, 0.1) is 0 Å². The molecular formula is C10H16N4O. The zero-order valence-electron chi connectivity index (χ0n) is 8.86. The van der Waals surface area contributed by atoms with Crippen LogP contribution in [0.5, 0.6) is 0 Å². The molecule has 1 rings (SSSR count). The zero-order chi connectivity index (χ0) is 11.1. The van der Waals surface area contributed by atoms with Crippen LogP contribution >= 0.6 is 0 Å². The molecule has 0 spiro atoms. The molecule has 0 unspecified atom stereocenters. The summed E-state index contributed by atoms with van der Waals surface area (Å²) in [6.07, 6.45) is 3.52. The van der Waals surface area contributed by atoms with Gasteiger partial charge < -0.3 is 10.6 Å². The Kier molecular flexibility index (Phi) is 4.56. The van der Waals surface area contributed by atoms with Crippen molar-refractivity contribution < 1.29 is 4.79 Å². The molecule has 15 heavy (non-hydrogen) atoms. The number of aryl methyl sites for hydroxylation is 1. The Morgan fingerprint density at radius 2 is 2.53 bits per heavy atom. The lowest BCUT2D eigenvalue weighted by atomic mass is 10.4. The molecule has 0 saturated heterocycles. The van der Waals surface area contributed by atoms with Gasteiger partial charge in [0.25, 0.3) is 0 Å². The first kappa shape index (κ1) is 11.5. The van der Waals surface area contributed by atoms with Gasteiger partial charge in [0.2, 0.25) is 5.91 Å². The molecule has 0 aliphatic heterocycles. The first-order valence-electron chi connectivity index (χ1n) is 4.79. The first-order chi connectivity index (χ1) is 7.22. The fourth-order valence-electron chi connectivity index (χ4n) is 1.11. The van der Waals surface area contributed by atoms with Gasteiger partial charge in [-0.15, -0.1) is 6.58 Å². The van der Waals surface area contributed by atoms with Gasteiger partial charge in [-0.05, 0) is 6.07 Å². The number of carbonyl (C=O) groups is 1. The van der Waals surface area contributed by atoms with Gasteiger partial charge in [0, 0.05) is 26.3 Å². The molecule has 0 aliphatic carbocycles. The minimum absolute atomic E-state index is 0.0363. The number of aromatic nitrogens is 2. The van der Waals surface area contributed by atoms with Crippen molar-refractivity contribution in [2.45, 2.75) is 6.54 Å². The summed E-state index contributed by atoms with van der Waals surface area (Å²) in [4.78, 5) is 11.2. The van der Waals surface area contributed by atoms with Gasteiger partial charge in [0.15, 0.2) is 0 Å². The van der Waals surface area contributed by atoms with E-state index in [0.29, 0.717) is 19.6 Å². The van der Waals surface area contributed by atoms with Gasteiger partial charge in [-0.1, -0.05) is 6.08 Å². The fraction of sp³-hybridized carbons (Fsp3) is 0.400. The van der Waals surface area contributed by atoms with Gasteiger partial charge in [0.05, 0.1) is 12.2 Å². The summed E-state index contributed by atoms with van der Waals surface area (Å²) in [5.41, 5.74) is 0.925. The van der Waals surface area contributed by atoms with E-state index in [-0.39, 0.29) is 5.91 Å². The number of amides is 1. The Hall–Kier alpha value is -1.62. The van der Waals surface area contributed by atoms with E-state index in [1.807, 2.05) is 19.3 Å². The van der Waals surface area contributed by atoms with E-state index in [2.05, 4.69) is 22.3 Å². The summed E-state index contributed by atoms with van der Waals surface area (Å²) in [5, 5.41) is 9.86. The van der Waals surface area contributed by atoms with Gasteiger partial charge in [-0.2, -0.15) is 5.10 Å². The molecule has 1 amide bonds. The van der Waals surface area contributed by atoms with Crippen molar-refractivity contribution in [1.82, 2.24) is 20.4 Å². The van der Waals surface area contributed by atoms with E-state index < -0.39 is 0 Å². The molecule has 1 aromatic rings. The van der Waals surface area contributed by atoms with Gasteiger partial charge in [-0.3, -0.25) is 9.48 Å². The maximum atomic E-state index is 11.2. The highest BCUT2D eigenvalue weighted by atomic mass is 16.1. The Morgan fingerprint density at radius 3 is 3.13 bits per heavy atom. The lowest BCUT2D eigenvalue weighted by molar-refractivity contribution is -0.120. The van der Waals surface area contributed by atoms with Gasteiger partial charge >= 0.3 is 0 Å². The SMILES string of the molecule is C=CCNC(=O)CNCc1ccn(C)n1. The minimum Gasteiger partial charge on any atom is -0.352 e. The van der Waals surface area contributed by atoms with Crippen LogP contribution in [-0.2, 0) is 18.4 Å². The average molecular weight is 208 g/mol. The van der Waals surface area contributed by atoms with Crippen LogP contribution in [0.15, 0.2) is 24.9 Å². The van der Waals surface area contributed by atoms with E-state index in [1.165, 1.54) is 0 Å². The topological polar surface area (TPSA) is 59.0 Å². The number of nitrogens with zero attached hydrogens (tertiary/aromatic N) is 2. The summed E-state index contributed by atoms with van der Waals surface area (Å²) in [5.74, 6) is -0.0363. The van der Waals surface area contributed by atoms with Crippen molar-refractivity contribution >= 4 is 5.91 Å². The highest BCUT2D eigenvalue weighted by molar-refractivity contribution is 5.78. The molecule has 1 aromatic heterocycles. The molecule has 0 aliphatic rings. The summed E-state index contributed by atoms with van der Waals surface area (Å²) < 4.78 is 1.73. The molecule has 0 bridgehead atoms. The highest BCUT2D eigenvalue weighted by Crippen LogP contribution is 1.91. The Labute approximate surface area is 89.2 Å². The third-order valence-corrected chi connectivity index (χ3v) is 1.80. The van der Waals surface area contributed by atoms with Crippen LogP contribution in [0.3, 0.4) is 0 Å². The molecule has 0 saturated carbocycles. The second-order valence-corrected chi connectivity index (χ2v) is 3.18. The molecule has 5 heteroatoms. The molecule has 0 aromatic carbocycles. The van der Waals surface area contributed by atoms with Crippen LogP contribution in [0.25, 0.3) is 0 Å². The van der Waals surface area contributed by atoms with Crippen molar-refractivity contribution in [2.75, 3.05) is 13.1 Å². The van der Waals surface area contributed by atoms with Crippen LogP contribution in [0.2, 0.25) is 0 Å². The summed E-state index contributed by atoms with van der Waals surface area (Å²) in [7, 11) is 1.86. The number of rotatable bonds is 6. The number of carbonyl (C=O) groups excluding carboxylic acids is 1. The molecule has 0 atom stereocenters. The smallest absolute Gasteiger partial charge is 0.234 e. The summed E-state index contributed by atoms with van der Waals surface area (Å²) in [6.45, 7) is 4.92. The average Bonchev–Trinajstić information content (AvgIpc) is 2.61. The monoisotopic (exact) mass is 208 g/mol. The van der Waals surface area contributed by atoms with Crippen LogP contribution in [-0.4, -0.2) is 28.8 Å². The maximum absolute atomic E-state index is 11.2. The minimum atomic E-state index is -0.0363. The van der Waals surface area contributed by atoms with Crippen molar-refractivity contribution in [3.05, 3.63) is 30.6 Å². The van der Waals surface area contributed by atoms with E-state index in [1.54, 1.807) is 10.8 Å². The van der Waals surface area contributed by atoms with Crippen molar-refractivity contribution in [3.8, 4) is 0 Å². The lowest BCUT2D eigenvalue weighted by Crippen LogP contribution is -2.33. The normalized spacial score (nSPS) is 9.93. The third-order valence-electron chi connectivity index (χ3n) is 1.80. The van der Waals surface area contributed by atoms with E-state index in [4.69, 9.17) is 0 Å². The maximum Gasteiger partial charge on any atom is 0.234 e. The molecule has 1 heterocycles. The third kappa shape index (κ3) is 4.42. The number of hydrogen-bond donors (Lipinski definition) is 2. The van der Waals surface area contributed by atoms with Gasteiger partial charge in [0.1, 0.15) is 0 Å². The first-order valence-corrected chi connectivity index (χ1v) is 4.79. The molecule has 82 valence electrons. The summed E-state index contributed by atoms with van der Waals surface area (Å²) in [6, 6.07) is 1.91. The van der Waals surface area contributed by atoms with E-state index in [9.17, 15) is 4.79 Å². The Bertz CT molecular complexity index is 332. The highest BCUT2D eigenvalue weighted by Gasteiger charge is 2.00. The number of nitrogens with one attached hydrogen (secondary N) is 2. The molecular weight excluding hydrogens is 192 g/mol. The Morgan fingerprint density at radius 1 is 1.73 bits per heavy atom. The van der Waals surface area contributed by atoms with Crippen LogP contribution < -0.4 is 10.6 Å². The lowest BCUT2D eigenvalue weighted by Gasteiger charge is -2.02. The van der Waals surface area contributed by atoms with E-state index >= 15 is 0 Å². The Balaban J connectivity index is 2.16. The molecule has 0 radical (unpaired) electrons.